The van der Waals surface area contributed by atoms with Crippen LogP contribution in [0.25, 0.3) is 0 Å². The minimum atomic E-state index is -0.607. The maximum absolute atomic E-state index is 13.8. The fourth-order valence-corrected chi connectivity index (χ4v) is 3.07. The van der Waals surface area contributed by atoms with Gasteiger partial charge in [-0.15, -0.1) is 0 Å². The first-order chi connectivity index (χ1) is 7.19. The predicted octanol–water partition coefficient (Wildman–Crippen LogP) is 3.92. The molecule has 0 aliphatic heterocycles. The van der Waals surface area contributed by atoms with Gasteiger partial charge in [-0.25, -0.2) is 4.39 Å². The Bertz CT molecular complexity index is 396. The third-order valence-electron chi connectivity index (χ3n) is 3.11. The molecule has 0 spiro atoms. The summed E-state index contributed by atoms with van der Waals surface area (Å²) < 4.78 is 14.5. The van der Waals surface area contributed by atoms with Crippen molar-refractivity contribution < 1.29 is 4.39 Å². The summed E-state index contributed by atoms with van der Waals surface area (Å²) in [6, 6.07) is 7.19. The molecule has 1 aromatic rings. The van der Waals surface area contributed by atoms with E-state index in [0.717, 1.165) is 25.7 Å². The van der Waals surface area contributed by atoms with Gasteiger partial charge in [0.1, 0.15) is 5.82 Å². The third-order valence-corrected chi connectivity index (χ3v) is 3.77. The van der Waals surface area contributed by atoms with Crippen LogP contribution in [0.3, 0.4) is 0 Å². The second kappa shape index (κ2) is 3.94. The molecule has 1 aliphatic rings. The molecule has 1 aliphatic carbocycles. The Morgan fingerprint density at radius 3 is 2.53 bits per heavy atom. The molecule has 1 aromatic carbocycles. The van der Waals surface area contributed by atoms with E-state index in [2.05, 4.69) is 22.0 Å². The molecule has 0 radical (unpaired) electrons. The van der Waals surface area contributed by atoms with Gasteiger partial charge in [0.05, 0.1) is 11.5 Å². The van der Waals surface area contributed by atoms with Crippen LogP contribution < -0.4 is 0 Å². The number of benzene rings is 1. The average Bonchev–Trinajstić information content (AvgIpc) is 2.67. The van der Waals surface area contributed by atoms with Crippen LogP contribution in [0.5, 0.6) is 0 Å². The predicted molar refractivity (Wildman–Crippen MR) is 59.9 cm³/mol. The van der Waals surface area contributed by atoms with Crippen LogP contribution in [0.4, 0.5) is 4.39 Å². The topological polar surface area (TPSA) is 23.8 Å². The molecule has 1 saturated carbocycles. The molecule has 0 saturated heterocycles. The summed E-state index contributed by atoms with van der Waals surface area (Å²) in [6.45, 7) is 0. The first-order valence-corrected chi connectivity index (χ1v) is 5.85. The van der Waals surface area contributed by atoms with Gasteiger partial charge in [0.15, 0.2) is 0 Å². The maximum atomic E-state index is 13.8. The summed E-state index contributed by atoms with van der Waals surface area (Å²) in [7, 11) is 0. The molecule has 15 heavy (non-hydrogen) atoms. The minimum Gasteiger partial charge on any atom is -0.207 e. The number of nitrogens with zero attached hydrogens (tertiary/aromatic N) is 1. The lowest BCUT2D eigenvalue weighted by Crippen LogP contribution is -2.21. The highest BCUT2D eigenvalue weighted by molar-refractivity contribution is 9.10. The summed E-state index contributed by atoms with van der Waals surface area (Å²) in [5.41, 5.74) is -0.0607. The van der Waals surface area contributed by atoms with Crippen molar-refractivity contribution >= 4 is 15.9 Å². The van der Waals surface area contributed by atoms with Crippen LogP contribution in [-0.2, 0) is 5.41 Å². The molecule has 0 atom stereocenters. The molecule has 0 N–H and O–H groups in total. The van der Waals surface area contributed by atoms with Crippen molar-refractivity contribution in [2.75, 3.05) is 0 Å². The van der Waals surface area contributed by atoms with Crippen LogP contribution in [0, 0.1) is 17.1 Å². The summed E-state index contributed by atoms with van der Waals surface area (Å²) in [5.74, 6) is -0.271. The number of hydrogen-bond donors (Lipinski definition) is 0. The monoisotopic (exact) mass is 267 g/mol. The van der Waals surface area contributed by atoms with Gasteiger partial charge in [-0.3, -0.25) is 0 Å². The highest BCUT2D eigenvalue weighted by atomic mass is 79.9. The zero-order valence-corrected chi connectivity index (χ0v) is 9.85. The Kier molecular flexibility index (Phi) is 2.79. The second-order valence-electron chi connectivity index (χ2n) is 4.00. The number of rotatable bonds is 1. The highest BCUT2D eigenvalue weighted by Crippen LogP contribution is 2.44. The van der Waals surface area contributed by atoms with Gasteiger partial charge in [-0.05, 0) is 25.0 Å². The van der Waals surface area contributed by atoms with E-state index in [9.17, 15) is 9.65 Å². The van der Waals surface area contributed by atoms with Crippen LogP contribution in [0.15, 0.2) is 22.7 Å². The Morgan fingerprint density at radius 1 is 1.33 bits per heavy atom. The number of halogens is 2. The molecule has 0 amide bonds. The van der Waals surface area contributed by atoms with E-state index < -0.39 is 5.41 Å². The smallest absolute Gasteiger partial charge is 0.129 e. The van der Waals surface area contributed by atoms with Crippen molar-refractivity contribution in [3.8, 4) is 6.07 Å². The Labute approximate surface area is 97.0 Å². The van der Waals surface area contributed by atoms with E-state index in [1.54, 1.807) is 12.1 Å². The van der Waals surface area contributed by atoms with Gasteiger partial charge in [-0.2, -0.15) is 5.26 Å². The van der Waals surface area contributed by atoms with Crippen molar-refractivity contribution in [3.05, 3.63) is 34.1 Å². The first-order valence-electron chi connectivity index (χ1n) is 5.05. The van der Waals surface area contributed by atoms with E-state index in [-0.39, 0.29) is 5.82 Å². The lowest BCUT2D eigenvalue weighted by Gasteiger charge is -2.22. The molecule has 1 nitrogen and oxygen atoms in total. The maximum Gasteiger partial charge on any atom is 0.129 e. The molecule has 2 rings (SSSR count). The number of nitriles is 1. The minimum absolute atomic E-state index is 0.271. The van der Waals surface area contributed by atoms with Gasteiger partial charge < -0.3 is 0 Å². The van der Waals surface area contributed by atoms with Crippen LogP contribution in [0.1, 0.15) is 31.2 Å². The van der Waals surface area contributed by atoms with Crippen molar-refractivity contribution in [2.24, 2.45) is 0 Å². The Balaban J connectivity index is 2.57. The van der Waals surface area contributed by atoms with E-state index in [1.165, 1.54) is 6.07 Å². The molecule has 1 fully saturated rings. The largest absolute Gasteiger partial charge is 0.207 e. The molecule has 0 unspecified atom stereocenters. The summed E-state index contributed by atoms with van der Waals surface area (Å²) in [5, 5.41) is 9.28. The normalized spacial score (nSPS) is 18.7. The van der Waals surface area contributed by atoms with Crippen molar-refractivity contribution in [1.29, 1.82) is 5.26 Å². The number of hydrogen-bond acceptors (Lipinski definition) is 1. The van der Waals surface area contributed by atoms with Crippen molar-refractivity contribution in [3.63, 3.8) is 0 Å². The third kappa shape index (κ3) is 1.68. The second-order valence-corrected chi connectivity index (χ2v) is 4.85. The molecule has 3 heteroatoms. The molecule has 0 bridgehead atoms. The van der Waals surface area contributed by atoms with E-state index in [4.69, 9.17) is 0 Å². The summed E-state index contributed by atoms with van der Waals surface area (Å²) >= 11 is 3.34. The quantitative estimate of drug-likeness (QED) is 0.757. The van der Waals surface area contributed by atoms with Gasteiger partial charge in [0.25, 0.3) is 0 Å². The van der Waals surface area contributed by atoms with Crippen molar-refractivity contribution in [1.82, 2.24) is 0 Å². The van der Waals surface area contributed by atoms with Gasteiger partial charge in [-0.1, -0.05) is 34.8 Å². The van der Waals surface area contributed by atoms with Crippen LogP contribution in [-0.4, -0.2) is 0 Å². The fourth-order valence-electron chi connectivity index (χ4n) is 2.35. The molecule has 78 valence electrons. The highest BCUT2D eigenvalue weighted by Gasteiger charge is 2.39. The zero-order chi connectivity index (χ0) is 10.9. The van der Waals surface area contributed by atoms with Crippen molar-refractivity contribution in [2.45, 2.75) is 31.1 Å². The molecule has 0 heterocycles. The average molecular weight is 268 g/mol. The fraction of sp³-hybridized carbons (Fsp3) is 0.417. The summed E-state index contributed by atoms with van der Waals surface area (Å²) in [4.78, 5) is 0. The summed E-state index contributed by atoms with van der Waals surface area (Å²) in [6.07, 6.45) is 3.55. The van der Waals surface area contributed by atoms with E-state index in [1.807, 2.05) is 0 Å². The van der Waals surface area contributed by atoms with E-state index in [0.29, 0.717) is 10.0 Å². The van der Waals surface area contributed by atoms with Gasteiger partial charge in [0.2, 0.25) is 0 Å². The Hall–Kier alpha value is -0.880. The first kappa shape index (κ1) is 10.6. The molecular weight excluding hydrogens is 257 g/mol. The van der Waals surface area contributed by atoms with Crippen LogP contribution >= 0.6 is 15.9 Å². The molecular formula is C12H11BrFN. The Morgan fingerprint density at radius 2 is 2.00 bits per heavy atom. The van der Waals surface area contributed by atoms with Crippen LogP contribution in [0.2, 0.25) is 0 Å². The lowest BCUT2D eigenvalue weighted by atomic mass is 9.80. The van der Waals surface area contributed by atoms with E-state index >= 15 is 0 Å². The van der Waals surface area contributed by atoms with Gasteiger partial charge >= 0.3 is 0 Å². The SMILES string of the molecule is N#CC1(c2c(F)cccc2Br)CCCC1. The van der Waals surface area contributed by atoms with Gasteiger partial charge in [0, 0.05) is 10.0 Å². The lowest BCUT2D eigenvalue weighted by molar-refractivity contribution is 0.513. The molecule has 0 aromatic heterocycles. The standard InChI is InChI=1S/C12H11BrFN/c13-9-4-3-5-10(14)11(9)12(8-15)6-1-2-7-12/h3-5H,1-2,6-7H2. The zero-order valence-electron chi connectivity index (χ0n) is 8.26.